The molecule has 2 aromatic rings. The summed E-state index contributed by atoms with van der Waals surface area (Å²) in [6, 6.07) is 5.34. The highest BCUT2D eigenvalue weighted by molar-refractivity contribution is 5.76. The number of carbonyl (C=O) groups excluding carboxylic acids is 1. The van der Waals surface area contributed by atoms with Gasteiger partial charge in [0.05, 0.1) is 0 Å². The van der Waals surface area contributed by atoms with Crippen LogP contribution in [-0.4, -0.2) is 65.4 Å². The van der Waals surface area contributed by atoms with Crippen molar-refractivity contribution in [2.45, 2.75) is 13.0 Å². The van der Waals surface area contributed by atoms with E-state index in [2.05, 4.69) is 14.9 Å². The monoisotopic (exact) mass is 375 g/mol. The summed E-state index contributed by atoms with van der Waals surface area (Å²) in [7, 11) is 1.82. The summed E-state index contributed by atoms with van der Waals surface area (Å²) in [6.07, 6.45) is 3.78. The van der Waals surface area contributed by atoms with Gasteiger partial charge in [-0.25, -0.2) is 18.7 Å². The van der Waals surface area contributed by atoms with E-state index in [1.807, 2.05) is 16.8 Å². The van der Waals surface area contributed by atoms with E-state index in [4.69, 9.17) is 0 Å². The lowest BCUT2D eigenvalue weighted by Crippen LogP contribution is -2.49. The molecule has 6 nitrogen and oxygen atoms in total. The summed E-state index contributed by atoms with van der Waals surface area (Å²) >= 11 is 0. The molecule has 0 unspecified atom stereocenters. The molecular weight excluding hydrogens is 352 g/mol. The van der Waals surface area contributed by atoms with E-state index in [1.165, 1.54) is 12.1 Å². The maximum Gasteiger partial charge on any atom is 0.225 e. The smallest absolute Gasteiger partial charge is 0.225 e. The number of amides is 1. The molecule has 1 aliphatic rings. The van der Waals surface area contributed by atoms with Gasteiger partial charge in [-0.2, -0.15) is 0 Å². The van der Waals surface area contributed by atoms with Crippen LogP contribution in [0.25, 0.3) is 0 Å². The molecule has 0 saturated carbocycles. The number of carbonyl (C=O) groups is 1. The molecule has 0 spiro atoms. The Morgan fingerprint density at radius 2 is 1.85 bits per heavy atom. The summed E-state index contributed by atoms with van der Waals surface area (Å²) in [5, 5.41) is 0. The molecular formula is C19H23F2N5O. The highest BCUT2D eigenvalue weighted by Gasteiger charge is 2.22. The SMILES string of the molecule is CN(CCC(=O)N1CCN(c2ncccn2)CC1)Cc1ccc(F)cc1F. The zero-order valence-electron chi connectivity index (χ0n) is 15.3. The number of rotatable bonds is 6. The minimum absolute atomic E-state index is 0.0788. The van der Waals surface area contributed by atoms with Crippen molar-refractivity contribution in [1.29, 1.82) is 0 Å². The lowest BCUT2D eigenvalue weighted by atomic mass is 10.2. The molecule has 3 rings (SSSR count). The second-order valence-corrected chi connectivity index (χ2v) is 6.64. The van der Waals surface area contributed by atoms with E-state index in [0.29, 0.717) is 57.2 Å². The second kappa shape index (κ2) is 8.85. The first-order chi connectivity index (χ1) is 13.0. The van der Waals surface area contributed by atoms with Gasteiger partial charge in [-0.1, -0.05) is 6.07 Å². The number of halogens is 2. The van der Waals surface area contributed by atoms with Crippen LogP contribution < -0.4 is 4.90 Å². The zero-order chi connectivity index (χ0) is 19.2. The van der Waals surface area contributed by atoms with E-state index in [9.17, 15) is 13.6 Å². The fraction of sp³-hybridized carbons (Fsp3) is 0.421. The largest absolute Gasteiger partial charge is 0.339 e. The summed E-state index contributed by atoms with van der Waals surface area (Å²) in [5.74, 6) is -0.387. The summed E-state index contributed by atoms with van der Waals surface area (Å²) < 4.78 is 26.7. The molecule has 1 aromatic heterocycles. The van der Waals surface area contributed by atoms with Gasteiger partial charge in [-0.05, 0) is 19.2 Å². The number of hydrogen-bond acceptors (Lipinski definition) is 5. The van der Waals surface area contributed by atoms with Crippen LogP contribution in [0.2, 0.25) is 0 Å². The minimum atomic E-state index is -0.589. The molecule has 144 valence electrons. The van der Waals surface area contributed by atoms with Gasteiger partial charge >= 0.3 is 0 Å². The van der Waals surface area contributed by atoms with Crippen molar-refractivity contribution < 1.29 is 13.6 Å². The molecule has 1 amide bonds. The first-order valence-corrected chi connectivity index (χ1v) is 8.95. The van der Waals surface area contributed by atoms with E-state index >= 15 is 0 Å². The van der Waals surface area contributed by atoms with Crippen molar-refractivity contribution in [3.63, 3.8) is 0 Å². The van der Waals surface area contributed by atoms with E-state index in [-0.39, 0.29) is 5.91 Å². The highest BCUT2D eigenvalue weighted by Crippen LogP contribution is 2.13. The van der Waals surface area contributed by atoms with Crippen LogP contribution in [0.3, 0.4) is 0 Å². The number of piperazine rings is 1. The molecule has 1 aliphatic heterocycles. The second-order valence-electron chi connectivity index (χ2n) is 6.64. The van der Waals surface area contributed by atoms with Gasteiger partial charge in [0.2, 0.25) is 11.9 Å². The highest BCUT2D eigenvalue weighted by atomic mass is 19.1. The molecule has 0 aliphatic carbocycles. The normalized spacial score (nSPS) is 14.7. The van der Waals surface area contributed by atoms with Crippen LogP contribution >= 0.6 is 0 Å². The van der Waals surface area contributed by atoms with Crippen LogP contribution in [0, 0.1) is 11.6 Å². The Morgan fingerprint density at radius 3 is 2.52 bits per heavy atom. The standard InChI is InChI=1S/C19H23F2N5O/c1-24(14-15-3-4-16(20)13-17(15)21)8-5-18(27)25-9-11-26(12-10-25)19-22-6-2-7-23-19/h2-4,6-7,13H,5,8-12,14H2,1H3. The fourth-order valence-electron chi connectivity index (χ4n) is 3.07. The minimum Gasteiger partial charge on any atom is -0.339 e. The number of aromatic nitrogens is 2. The predicted molar refractivity (Wildman–Crippen MR) is 98.1 cm³/mol. The van der Waals surface area contributed by atoms with E-state index < -0.39 is 11.6 Å². The quantitative estimate of drug-likeness (QED) is 0.772. The number of anilines is 1. The molecule has 27 heavy (non-hydrogen) atoms. The molecule has 1 saturated heterocycles. The fourth-order valence-corrected chi connectivity index (χ4v) is 3.07. The van der Waals surface area contributed by atoms with Crippen molar-refractivity contribution in [2.24, 2.45) is 0 Å². The Labute approximate surface area is 157 Å². The van der Waals surface area contributed by atoms with Gasteiger partial charge in [0.15, 0.2) is 0 Å². The molecule has 1 fully saturated rings. The van der Waals surface area contributed by atoms with Crippen molar-refractivity contribution in [3.05, 3.63) is 53.9 Å². The summed E-state index contributed by atoms with van der Waals surface area (Å²) in [6.45, 7) is 3.51. The van der Waals surface area contributed by atoms with Crippen molar-refractivity contribution in [2.75, 3.05) is 44.7 Å². The first-order valence-electron chi connectivity index (χ1n) is 8.95. The maximum atomic E-state index is 13.7. The van der Waals surface area contributed by atoms with Crippen molar-refractivity contribution >= 4 is 11.9 Å². The Balaban J connectivity index is 1.43. The Morgan fingerprint density at radius 1 is 1.15 bits per heavy atom. The predicted octanol–water partition coefficient (Wildman–Crippen LogP) is 1.93. The van der Waals surface area contributed by atoms with Crippen molar-refractivity contribution in [3.8, 4) is 0 Å². The van der Waals surface area contributed by atoms with Gasteiger partial charge < -0.3 is 14.7 Å². The topological polar surface area (TPSA) is 52.6 Å². The van der Waals surface area contributed by atoms with Crippen LogP contribution in [0.1, 0.15) is 12.0 Å². The molecule has 8 heteroatoms. The number of benzene rings is 1. The van der Waals surface area contributed by atoms with Crippen LogP contribution in [0.4, 0.5) is 14.7 Å². The summed E-state index contributed by atoms with van der Waals surface area (Å²) in [5.41, 5.74) is 0.419. The number of nitrogens with zero attached hydrogens (tertiary/aromatic N) is 5. The average molecular weight is 375 g/mol. The molecule has 0 N–H and O–H groups in total. The lowest BCUT2D eigenvalue weighted by molar-refractivity contribution is -0.131. The summed E-state index contributed by atoms with van der Waals surface area (Å²) in [4.78, 5) is 26.7. The maximum absolute atomic E-state index is 13.7. The van der Waals surface area contributed by atoms with E-state index in [1.54, 1.807) is 18.5 Å². The first kappa shape index (κ1) is 19.2. The van der Waals surface area contributed by atoms with Gasteiger partial charge in [0.1, 0.15) is 11.6 Å². The van der Waals surface area contributed by atoms with Gasteiger partial charge in [0.25, 0.3) is 0 Å². The number of hydrogen-bond donors (Lipinski definition) is 0. The van der Waals surface area contributed by atoms with E-state index in [0.717, 1.165) is 6.07 Å². The Hall–Kier alpha value is -2.61. The zero-order valence-corrected chi connectivity index (χ0v) is 15.3. The Bertz CT molecular complexity index is 766. The lowest BCUT2D eigenvalue weighted by Gasteiger charge is -2.35. The molecule has 0 bridgehead atoms. The molecule has 0 radical (unpaired) electrons. The van der Waals surface area contributed by atoms with Gasteiger partial charge in [-0.15, -0.1) is 0 Å². The third kappa shape index (κ3) is 5.19. The van der Waals surface area contributed by atoms with Crippen molar-refractivity contribution in [1.82, 2.24) is 19.8 Å². The third-order valence-corrected chi connectivity index (χ3v) is 4.63. The molecule has 1 aromatic carbocycles. The van der Waals surface area contributed by atoms with Crippen LogP contribution in [0.15, 0.2) is 36.7 Å². The Kier molecular flexibility index (Phi) is 6.28. The van der Waals surface area contributed by atoms with Gasteiger partial charge in [-0.3, -0.25) is 4.79 Å². The average Bonchev–Trinajstić information content (AvgIpc) is 2.69. The molecule has 2 heterocycles. The van der Waals surface area contributed by atoms with Gasteiger partial charge in [0, 0.05) is 69.7 Å². The van der Waals surface area contributed by atoms with Crippen LogP contribution in [0.5, 0.6) is 0 Å². The third-order valence-electron chi connectivity index (χ3n) is 4.63. The van der Waals surface area contributed by atoms with Crippen LogP contribution in [-0.2, 0) is 11.3 Å². The molecule has 0 atom stereocenters.